The number of pyridine rings is 1. The first-order valence-electron chi connectivity index (χ1n) is 14.2. The summed E-state index contributed by atoms with van der Waals surface area (Å²) < 4.78 is 6.54. The largest absolute Gasteiger partial charge is 0.364 e. The molecule has 2 aliphatic rings. The van der Waals surface area contributed by atoms with Crippen LogP contribution in [-0.4, -0.2) is 74.8 Å². The zero-order chi connectivity index (χ0) is 28.5. The third kappa shape index (κ3) is 4.86. The zero-order valence-corrected chi connectivity index (χ0v) is 23.0. The summed E-state index contributed by atoms with van der Waals surface area (Å²) in [6.07, 6.45) is 8.95. The molecule has 1 N–H and O–H groups in total. The molecule has 42 heavy (non-hydrogen) atoms. The smallest absolute Gasteiger partial charge is 0.276 e. The van der Waals surface area contributed by atoms with Gasteiger partial charge in [0.15, 0.2) is 5.69 Å². The minimum Gasteiger partial charge on any atom is -0.364 e. The van der Waals surface area contributed by atoms with Gasteiger partial charge in [-0.05, 0) is 49.5 Å². The second-order valence-corrected chi connectivity index (χ2v) is 10.7. The summed E-state index contributed by atoms with van der Waals surface area (Å²) in [6, 6.07) is 16.4. The molecule has 11 heteroatoms. The lowest BCUT2D eigenvalue weighted by Crippen LogP contribution is -2.49. The SMILES string of the molecule is N#Cc1cnn2cc(-c3ccc(C4CCNCC4)cc3)nc(-c3ccc(N4CCN(C(=O)c5ccon5)CC4)nc3)c12. The van der Waals surface area contributed by atoms with Crippen LogP contribution in [0, 0.1) is 11.3 Å². The number of aromatic nitrogens is 5. The summed E-state index contributed by atoms with van der Waals surface area (Å²) in [6.45, 7) is 4.56. The van der Waals surface area contributed by atoms with Gasteiger partial charge >= 0.3 is 0 Å². The van der Waals surface area contributed by atoms with Crippen molar-refractivity contribution in [3.8, 4) is 28.6 Å². The number of hydrogen-bond acceptors (Lipinski definition) is 9. The van der Waals surface area contributed by atoms with E-state index in [9.17, 15) is 10.1 Å². The van der Waals surface area contributed by atoms with Crippen molar-refractivity contribution in [2.45, 2.75) is 18.8 Å². The second kappa shape index (κ2) is 11.1. The third-order valence-corrected chi connectivity index (χ3v) is 8.20. The number of fused-ring (bicyclic) bond motifs is 1. The Bertz CT molecular complexity index is 1740. The molecular weight excluding hydrogens is 530 g/mol. The fraction of sp³-hybridized carbons (Fsp3) is 0.290. The van der Waals surface area contributed by atoms with E-state index < -0.39 is 0 Å². The Morgan fingerprint density at radius 3 is 2.45 bits per heavy atom. The van der Waals surface area contributed by atoms with Crippen molar-refractivity contribution in [3.63, 3.8) is 0 Å². The maximum atomic E-state index is 12.6. The zero-order valence-electron chi connectivity index (χ0n) is 23.0. The predicted octanol–water partition coefficient (Wildman–Crippen LogP) is 3.75. The van der Waals surface area contributed by atoms with E-state index in [1.165, 1.54) is 11.8 Å². The molecular formula is C31H29N9O2. The molecule has 0 aliphatic carbocycles. The van der Waals surface area contributed by atoms with E-state index in [1.54, 1.807) is 27.9 Å². The summed E-state index contributed by atoms with van der Waals surface area (Å²) >= 11 is 0. The minimum atomic E-state index is -0.128. The summed E-state index contributed by atoms with van der Waals surface area (Å²) in [4.78, 5) is 26.3. The highest BCUT2D eigenvalue weighted by atomic mass is 16.5. The van der Waals surface area contributed by atoms with Gasteiger partial charge < -0.3 is 19.6 Å². The Morgan fingerprint density at radius 1 is 0.976 bits per heavy atom. The number of rotatable bonds is 5. The van der Waals surface area contributed by atoms with E-state index >= 15 is 0 Å². The molecule has 1 aromatic carbocycles. The van der Waals surface area contributed by atoms with Gasteiger partial charge in [-0.1, -0.05) is 29.4 Å². The summed E-state index contributed by atoms with van der Waals surface area (Å²) in [5.41, 5.74) is 6.02. The molecule has 0 unspecified atom stereocenters. The van der Waals surface area contributed by atoms with Crippen LogP contribution < -0.4 is 10.2 Å². The van der Waals surface area contributed by atoms with E-state index in [0.717, 1.165) is 48.6 Å². The van der Waals surface area contributed by atoms with E-state index in [-0.39, 0.29) is 5.91 Å². The normalized spacial score (nSPS) is 16.1. The number of piperidine rings is 1. The van der Waals surface area contributed by atoms with Crippen LogP contribution in [0.3, 0.4) is 0 Å². The molecule has 2 saturated heterocycles. The van der Waals surface area contributed by atoms with Crippen LogP contribution in [0.15, 0.2) is 71.8 Å². The first-order valence-corrected chi connectivity index (χ1v) is 14.2. The number of amides is 1. The molecule has 6 heterocycles. The van der Waals surface area contributed by atoms with Crippen molar-refractivity contribution in [2.75, 3.05) is 44.2 Å². The second-order valence-electron chi connectivity index (χ2n) is 10.7. The lowest BCUT2D eigenvalue weighted by atomic mass is 9.89. The van der Waals surface area contributed by atoms with Gasteiger partial charge in [-0.2, -0.15) is 10.4 Å². The molecule has 7 rings (SSSR count). The number of carbonyl (C=O) groups excluding carboxylic acids is 1. The van der Waals surface area contributed by atoms with Crippen molar-refractivity contribution >= 4 is 17.2 Å². The first kappa shape index (κ1) is 25.9. The van der Waals surface area contributed by atoms with Gasteiger partial charge in [-0.3, -0.25) is 4.79 Å². The number of benzene rings is 1. The van der Waals surface area contributed by atoms with Gasteiger partial charge in [0, 0.05) is 49.6 Å². The Labute approximate surface area is 242 Å². The van der Waals surface area contributed by atoms with E-state index in [2.05, 4.69) is 50.8 Å². The molecule has 0 atom stereocenters. The highest BCUT2D eigenvalue weighted by Gasteiger charge is 2.25. The van der Waals surface area contributed by atoms with Crippen LogP contribution in [0.25, 0.3) is 28.0 Å². The average Bonchev–Trinajstić information content (AvgIpc) is 3.75. The van der Waals surface area contributed by atoms with Crippen LogP contribution in [0.5, 0.6) is 0 Å². The molecule has 4 aromatic heterocycles. The van der Waals surface area contributed by atoms with Crippen LogP contribution >= 0.6 is 0 Å². The molecule has 2 fully saturated rings. The van der Waals surface area contributed by atoms with Gasteiger partial charge in [0.05, 0.1) is 23.8 Å². The number of hydrogen-bond donors (Lipinski definition) is 1. The van der Waals surface area contributed by atoms with E-state index in [0.29, 0.717) is 54.6 Å². The summed E-state index contributed by atoms with van der Waals surface area (Å²) in [5, 5.41) is 21.4. The molecule has 11 nitrogen and oxygen atoms in total. The Hall–Kier alpha value is -5.08. The van der Waals surface area contributed by atoms with E-state index in [4.69, 9.17) is 14.5 Å². The van der Waals surface area contributed by atoms with Gasteiger partial charge in [0.2, 0.25) is 0 Å². The molecule has 210 valence electrons. The summed E-state index contributed by atoms with van der Waals surface area (Å²) in [5.74, 6) is 1.27. The highest BCUT2D eigenvalue weighted by Crippen LogP contribution is 2.31. The number of nitrogens with one attached hydrogen (secondary N) is 1. The third-order valence-electron chi connectivity index (χ3n) is 8.20. The molecule has 0 radical (unpaired) electrons. The molecule has 5 aromatic rings. The van der Waals surface area contributed by atoms with Crippen LogP contribution in [0.2, 0.25) is 0 Å². The van der Waals surface area contributed by atoms with Crippen molar-refractivity contribution in [1.29, 1.82) is 5.26 Å². The average molecular weight is 560 g/mol. The molecule has 0 saturated carbocycles. The quantitative estimate of drug-likeness (QED) is 0.342. The van der Waals surface area contributed by atoms with Crippen LogP contribution in [-0.2, 0) is 0 Å². The monoisotopic (exact) mass is 559 g/mol. The fourth-order valence-corrected chi connectivity index (χ4v) is 5.85. The van der Waals surface area contributed by atoms with E-state index in [1.807, 2.05) is 18.3 Å². The first-order chi connectivity index (χ1) is 20.7. The summed E-state index contributed by atoms with van der Waals surface area (Å²) in [7, 11) is 0. The molecule has 0 spiro atoms. The number of nitriles is 1. The van der Waals surface area contributed by atoms with Gasteiger partial charge in [-0.25, -0.2) is 14.5 Å². The van der Waals surface area contributed by atoms with Crippen molar-refractivity contribution in [1.82, 2.24) is 35.0 Å². The number of carbonyl (C=O) groups is 1. The number of piperazine rings is 1. The van der Waals surface area contributed by atoms with Gasteiger partial charge in [-0.15, -0.1) is 0 Å². The molecule has 0 bridgehead atoms. The lowest BCUT2D eigenvalue weighted by molar-refractivity contribution is 0.0736. The standard InChI is InChI=1S/C31H29N9O2/c32-17-25-19-35-40-20-27(23-3-1-21(2-4-23)22-7-10-33-11-8-22)36-29(30(25)40)24-5-6-28(34-18-24)38-12-14-39(15-13-38)31(41)26-9-16-42-37-26/h1-6,9,16,18-20,22,33H,7-8,10-15H2. The molecule has 1 amide bonds. The predicted molar refractivity (Wildman–Crippen MR) is 156 cm³/mol. The maximum Gasteiger partial charge on any atom is 0.276 e. The van der Waals surface area contributed by atoms with Crippen LogP contribution in [0.4, 0.5) is 5.82 Å². The van der Waals surface area contributed by atoms with Crippen LogP contribution in [0.1, 0.15) is 40.4 Å². The molecule has 2 aliphatic heterocycles. The highest BCUT2D eigenvalue weighted by molar-refractivity contribution is 5.92. The van der Waals surface area contributed by atoms with Crippen molar-refractivity contribution in [2.24, 2.45) is 0 Å². The maximum absolute atomic E-state index is 12.6. The van der Waals surface area contributed by atoms with Gasteiger partial charge in [0.25, 0.3) is 5.91 Å². The van der Waals surface area contributed by atoms with Gasteiger partial charge in [0.1, 0.15) is 29.2 Å². The lowest BCUT2D eigenvalue weighted by Gasteiger charge is -2.35. The van der Waals surface area contributed by atoms with Crippen molar-refractivity contribution < 1.29 is 9.32 Å². The number of nitrogens with zero attached hydrogens (tertiary/aromatic N) is 8. The Morgan fingerprint density at radius 2 is 1.76 bits per heavy atom. The Balaban J connectivity index is 1.14. The fourth-order valence-electron chi connectivity index (χ4n) is 5.85. The van der Waals surface area contributed by atoms with Crippen molar-refractivity contribution in [3.05, 3.63) is 84.1 Å². The topological polar surface area (TPSA) is 128 Å². The minimum absolute atomic E-state index is 0.128. The Kier molecular flexibility index (Phi) is 6.81. The number of anilines is 1.